The number of nitrogens with zero attached hydrogens (tertiary/aromatic N) is 3. The molecule has 1 aliphatic heterocycles. The van der Waals surface area contributed by atoms with Crippen molar-refractivity contribution in [3.8, 4) is 0 Å². The lowest BCUT2D eigenvalue weighted by atomic mass is 9.96. The van der Waals surface area contributed by atoms with Gasteiger partial charge in [-0.15, -0.1) is 0 Å². The number of pyridine rings is 1. The first-order chi connectivity index (χ1) is 8.78. The van der Waals surface area contributed by atoms with E-state index in [-0.39, 0.29) is 0 Å². The number of aldehydes is 1. The summed E-state index contributed by atoms with van der Waals surface area (Å²) in [5, 5.41) is 0. The third-order valence-electron chi connectivity index (χ3n) is 3.70. The summed E-state index contributed by atoms with van der Waals surface area (Å²) in [4.78, 5) is 18.0. The van der Waals surface area contributed by atoms with Gasteiger partial charge in [-0.25, -0.2) is 4.98 Å². The minimum Gasteiger partial charge on any atom is -0.306 e. The molecule has 1 aliphatic rings. The zero-order valence-corrected chi connectivity index (χ0v) is 10.5. The molecular formula is C14H17N3O. The van der Waals surface area contributed by atoms with Gasteiger partial charge in [0.25, 0.3) is 0 Å². The number of carbonyl (C=O) groups is 1. The van der Waals surface area contributed by atoms with E-state index in [9.17, 15) is 4.79 Å². The van der Waals surface area contributed by atoms with Crippen LogP contribution in [-0.4, -0.2) is 40.7 Å². The zero-order valence-electron chi connectivity index (χ0n) is 10.5. The normalized spacial score (nSPS) is 21.3. The highest BCUT2D eigenvalue weighted by molar-refractivity contribution is 5.84. The average molecular weight is 243 g/mol. The van der Waals surface area contributed by atoms with Crippen molar-refractivity contribution in [1.82, 2.24) is 14.3 Å². The molecule has 0 aliphatic carbocycles. The number of imidazole rings is 1. The molecule has 2 aromatic heterocycles. The minimum absolute atomic E-state index is 0.489. The van der Waals surface area contributed by atoms with Gasteiger partial charge in [-0.3, -0.25) is 4.79 Å². The van der Waals surface area contributed by atoms with Crippen LogP contribution in [0.1, 0.15) is 34.8 Å². The lowest BCUT2D eigenvalue weighted by Crippen LogP contribution is -2.30. The third kappa shape index (κ3) is 1.93. The van der Waals surface area contributed by atoms with Gasteiger partial charge in [0.05, 0.1) is 11.3 Å². The molecule has 0 amide bonds. The predicted octanol–water partition coefficient (Wildman–Crippen LogP) is 1.96. The average Bonchev–Trinajstić information content (AvgIpc) is 2.82. The van der Waals surface area contributed by atoms with Crippen molar-refractivity contribution in [2.24, 2.45) is 0 Å². The van der Waals surface area contributed by atoms with Crippen molar-refractivity contribution in [3.05, 3.63) is 35.8 Å². The quantitative estimate of drug-likeness (QED) is 0.757. The van der Waals surface area contributed by atoms with Crippen molar-refractivity contribution in [1.29, 1.82) is 0 Å². The molecule has 1 saturated heterocycles. The molecule has 2 aromatic rings. The van der Waals surface area contributed by atoms with E-state index in [2.05, 4.69) is 23.1 Å². The molecule has 1 unspecified atom stereocenters. The summed E-state index contributed by atoms with van der Waals surface area (Å²) in [7, 11) is 2.15. The van der Waals surface area contributed by atoms with Crippen LogP contribution in [0.15, 0.2) is 24.5 Å². The molecule has 4 heteroatoms. The van der Waals surface area contributed by atoms with E-state index in [0.29, 0.717) is 11.5 Å². The highest BCUT2D eigenvalue weighted by atomic mass is 16.1. The van der Waals surface area contributed by atoms with Gasteiger partial charge in [-0.05, 0) is 38.6 Å². The fourth-order valence-corrected chi connectivity index (χ4v) is 2.75. The van der Waals surface area contributed by atoms with E-state index in [1.165, 1.54) is 19.4 Å². The second-order valence-corrected chi connectivity index (χ2v) is 5.08. The standard InChI is InChI=1S/C14H17N3O/c1-16-6-2-4-11(8-16)13-9-17-7-3-5-12(10-18)14(17)15-13/h3,5,7,9-11H,2,4,6,8H2,1H3. The predicted molar refractivity (Wildman–Crippen MR) is 70.1 cm³/mol. The van der Waals surface area contributed by atoms with Crippen molar-refractivity contribution in [3.63, 3.8) is 0 Å². The maximum atomic E-state index is 11.0. The first-order valence-corrected chi connectivity index (χ1v) is 6.39. The summed E-state index contributed by atoms with van der Waals surface area (Å²) >= 11 is 0. The van der Waals surface area contributed by atoms with Crippen molar-refractivity contribution >= 4 is 11.9 Å². The molecule has 0 spiro atoms. The van der Waals surface area contributed by atoms with Crippen LogP contribution in [0, 0.1) is 0 Å². The van der Waals surface area contributed by atoms with Gasteiger partial charge in [0, 0.05) is 24.9 Å². The van der Waals surface area contributed by atoms with Crippen LogP contribution >= 0.6 is 0 Å². The summed E-state index contributed by atoms with van der Waals surface area (Å²) in [6.45, 7) is 2.23. The highest BCUT2D eigenvalue weighted by Gasteiger charge is 2.21. The number of fused-ring (bicyclic) bond motifs is 1. The zero-order chi connectivity index (χ0) is 12.5. The second-order valence-electron chi connectivity index (χ2n) is 5.08. The Morgan fingerprint density at radius 1 is 1.50 bits per heavy atom. The number of likely N-dealkylation sites (tertiary alicyclic amines) is 1. The summed E-state index contributed by atoms with van der Waals surface area (Å²) in [5.74, 6) is 0.489. The number of piperidine rings is 1. The molecule has 0 bridgehead atoms. The minimum atomic E-state index is 0.489. The maximum Gasteiger partial charge on any atom is 0.153 e. The molecule has 1 fully saturated rings. The van der Waals surface area contributed by atoms with Crippen LogP contribution in [0.25, 0.3) is 5.65 Å². The molecule has 18 heavy (non-hydrogen) atoms. The van der Waals surface area contributed by atoms with E-state index in [1.54, 1.807) is 0 Å². The number of likely N-dealkylation sites (N-methyl/N-ethyl adjacent to an activating group) is 1. The summed E-state index contributed by atoms with van der Waals surface area (Å²) in [6, 6.07) is 3.70. The van der Waals surface area contributed by atoms with Gasteiger partial charge >= 0.3 is 0 Å². The number of hydrogen-bond donors (Lipinski definition) is 0. The van der Waals surface area contributed by atoms with Gasteiger partial charge in [-0.2, -0.15) is 0 Å². The third-order valence-corrected chi connectivity index (χ3v) is 3.70. The fourth-order valence-electron chi connectivity index (χ4n) is 2.75. The Kier molecular flexibility index (Phi) is 2.88. The number of rotatable bonds is 2. The summed E-state index contributed by atoms with van der Waals surface area (Å²) in [5.41, 5.74) is 2.54. The lowest BCUT2D eigenvalue weighted by molar-refractivity contribution is 0.112. The van der Waals surface area contributed by atoms with Gasteiger partial charge in [-0.1, -0.05) is 0 Å². The Morgan fingerprint density at radius 2 is 2.39 bits per heavy atom. The monoisotopic (exact) mass is 243 g/mol. The molecule has 0 radical (unpaired) electrons. The van der Waals surface area contributed by atoms with Gasteiger partial charge in [0.15, 0.2) is 6.29 Å². The smallest absolute Gasteiger partial charge is 0.153 e. The van der Waals surface area contributed by atoms with Crippen LogP contribution < -0.4 is 0 Å². The van der Waals surface area contributed by atoms with Crippen LogP contribution in [0.4, 0.5) is 0 Å². The lowest BCUT2D eigenvalue weighted by Gasteiger charge is -2.28. The van der Waals surface area contributed by atoms with Crippen molar-refractivity contribution in [2.75, 3.05) is 20.1 Å². The number of carbonyl (C=O) groups excluding carboxylic acids is 1. The van der Waals surface area contributed by atoms with E-state index in [1.807, 2.05) is 22.7 Å². The van der Waals surface area contributed by atoms with Crippen molar-refractivity contribution in [2.45, 2.75) is 18.8 Å². The van der Waals surface area contributed by atoms with Gasteiger partial charge < -0.3 is 9.30 Å². The van der Waals surface area contributed by atoms with Crippen molar-refractivity contribution < 1.29 is 4.79 Å². The van der Waals surface area contributed by atoms with E-state index >= 15 is 0 Å². The van der Waals surface area contributed by atoms with Crippen LogP contribution in [-0.2, 0) is 0 Å². The Bertz CT molecular complexity index is 575. The van der Waals surface area contributed by atoms with Crippen LogP contribution in [0.3, 0.4) is 0 Å². The Morgan fingerprint density at radius 3 is 3.17 bits per heavy atom. The first-order valence-electron chi connectivity index (χ1n) is 6.39. The topological polar surface area (TPSA) is 37.6 Å². The molecule has 3 heterocycles. The van der Waals surface area contributed by atoms with E-state index in [0.717, 1.165) is 24.2 Å². The Balaban J connectivity index is 2.00. The molecule has 3 rings (SSSR count). The SMILES string of the molecule is CN1CCCC(c2cn3cccc(C=O)c3n2)C1. The highest BCUT2D eigenvalue weighted by Crippen LogP contribution is 2.26. The molecule has 4 nitrogen and oxygen atoms in total. The second kappa shape index (κ2) is 4.53. The molecule has 0 saturated carbocycles. The largest absolute Gasteiger partial charge is 0.306 e. The van der Waals surface area contributed by atoms with Gasteiger partial charge in [0.1, 0.15) is 5.65 Å². The van der Waals surface area contributed by atoms with E-state index < -0.39 is 0 Å². The molecule has 0 aromatic carbocycles. The molecule has 0 N–H and O–H groups in total. The van der Waals surface area contributed by atoms with Crippen LogP contribution in [0.2, 0.25) is 0 Å². The molecule has 1 atom stereocenters. The Hall–Kier alpha value is -1.68. The van der Waals surface area contributed by atoms with Crippen LogP contribution in [0.5, 0.6) is 0 Å². The Labute approximate surface area is 106 Å². The molecule has 94 valence electrons. The summed E-state index contributed by atoms with van der Waals surface area (Å²) < 4.78 is 1.95. The first kappa shape index (κ1) is 11.4. The maximum absolute atomic E-state index is 11.0. The molecular weight excluding hydrogens is 226 g/mol. The number of aromatic nitrogens is 2. The van der Waals surface area contributed by atoms with E-state index in [4.69, 9.17) is 0 Å². The number of hydrogen-bond acceptors (Lipinski definition) is 3. The summed E-state index contributed by atoms with van der Waals surface area (Å²) in [6.07, 6.45) is 7.29. The fraction of sp³-hybridized carbons (Fsp3) is 0.429. The van der Waals surface area contributed by atoms with Gasteiger partial charge in [0.2, 0.25) is 0 Å².